The number of terminal acetylenes is 1. The summed E-state index contributed by atoms with van der Waals surface area (Å²) < 4.78 is 6.28. The smallest absolute Gasteiger partial charge is 0.352 e. The van der Waals surface area contributed by atoms with Crippen LogP contribution in [0, 0.1) is 18.3 Å². The van der Waals surface area contributed by atoms with E-state index in [4.69, 9.17) is 16.3 Å². The molecule has 1 aromatic rings. The molecule has 5 heteroatoms. The number of ether oxygens (including phenoxy) is 1. The quantitative estimate of drug-likeness (QED) is 0.819. The number of hydrogen-bond donors (Lipinski definition) is 1. The number of pyridine rings is 1. The highest BCUT2D eigenvalue weighted by atomic mass is 16.5. The Bertz CT molecular complexity index is 551. The first-order chi connectivity index (χ1) is 8.42. The summed E-state index contributed by atoms with van der Waals surface area (Å²) in [6, 6.07) is 0.569. The van der Waals surface area contributed by atoms with Crippen molar-refractivity contribution in [3.63, 3.8) is 0 Å². The zero-order chi connectivity index (χ0) is 13.9. The van der Waals surface area contributed by atoms with Crippen molar-refractivity contribution < 1.29 is 14.6 Å². The lowest BCUT2D eigenvalue weighted by molar-refractivity contribution is 0.0681. The highest BCUT2D eigenvalue weighted by Gasteiger charge is 2.20. The van der Waals surface area contributed by atoms with Gasteiger partial charge in [-0.1, -0.05) is 19.8 Å². The maximum atomic E-state index is 11.6. The van der Waals surface area contributed by atoms with E-state index < -0.39 is 17.4 Å². The molecule has 0 fully saturated rings. The molecule has 0 aliphatic heterocycles. The summed E-state index contributed by atoms with van der Waals surface area (Å²) in [4.78, 5) is 22.7. The lowest BCUT2D eigenvalue weighted by atomic mass is 10.0. The Morgan fingerprint density at radius 2 is 2.17 bits per heavy atom. The van der Waals surface area contributed by atoms with E-state index in [0.717, 1.165) is 6.07 Å². The Labute approximate surface area is 105 Å². The number of aromatic carboxylic acids is 1. The molecular formula is C13H15NO4. The number of hydrogen-bond acceptors (Lipinski definition) is 3. The molecule has 1 aromatic heterocycles. The molecule has 1 heterocycles. The van der Waals surface area contributed by atoms with Gasteiger partial charge >= 0.3 is 5.97 Å². The van der Waals surface area contributed by atoms with E-state index in [-0.39, 0.29) is 17.4 Å². The normalized spacial score (nSPS) is 11.9. The van der Waals surface area contributed by atoms with Gasteiger partial charge in [0.1, 0.15) is 5.69 Å². The molecule has 0 amide bonds. The SMILES string of the molecule is C#CC(C(C)C)n1cc(OC)c(=O)cc1C(=O)O. The number of carboxylic acid groups (broad SMARTS) is 1. The fraction of sp³-hybridized carbons (Fsp3) is 0.385. The minimum atomic E-state index is -1.20. The zero-order valence-corrected chi connectivity index (χ0v) is 10.5. The van der Waals surface area contributed by atoms with Gasteiger partial charge in [0, 0.05) is 6.07 Å². The summed E-state index contributed by atoms with van der Waals surface area (Å²) in [5.41, 5.74) is -0.622. The molecule has 1 unspecified atom stereocenters. The summed E-state index contributed by atoms with van der Waals surface area (Å²) >= 11 is 0. The van der Waals surface area contributed by atoms with Crippen LogP contribution in [0.1, 0.15) is 30.4 Å². The van der Waals surface area contributed by atoms with E-state index in [9.17, 15) is 9.59 Å². The van der Waals surface area contributed by atoms with Gasteiger partial charge < -0.3 is 14.4 Å². The molecule has 0 bridgehead atoms. The van der Waals surface area contributed by atoms with Crippen LogP contribution in [0.2, 0.25) is 0 Å². The van der Waals surface area contributed by atoms with Crippen molar-refractivity contribution in [2.45, 2.75) is 19.9 Å². The van der Waals surface area contributed by atoms with Crippen LogP contribution in [-0.4, -0.2) is 22.8 Å². The summed E-state index contributed by atoms with van der Waals surface area (Å²) in [6.45, 7) is 3.75. The molecule has 1 rings (SSSR count). The van der Waals surface area contributed by atoms with Crippen molar-refractivity contribution in [2.24, 2.45) is 5.92 Å². The van der Waals surface area contributed by atoms with Gasteiger partial charge in [-0.15, -0.1) is 6.42 Å². The van der Waals surface area contributed by atoms with E-state index in [1.165, 1.54) is 17.9 Å². The standard InChI is InChI=1S/C13H15NO4/c1-5-9(8(2)3)14-7-12(18-4)11(15)6-10(14)13(16)17/h1,6-9H,2-4H3,(H,16,17). The Morgan fingerprint density at radius 3 is 2.56 bits per heavy atom. The molecule has 5 nitrogen and oxygen atoms in total. The van der Waals surface area contributed by atoms with E-state index >= 15 is 0 Å². The Kier molecular flexibility index (Phi) is 4.16. The second-order valence-corrected chi connectivity index (χ2v) is 4.16. The molecule has 0 aromatic carbocycles. The number of nitrogens with zero attached hydrogens (tertiary/aromatic N) is 1. The first-order valence-corrected chi connectivity index (χ1v) is 5.42. The molecule has 0 aliphatic carbocycles. The van der Waals surface area contributed by atoms with Crippen LogP contribution in [0.4, 0.5) is 0 Å². The van der Waals surface area contributed by atoms with E-state index in [2.05, 4.69) is 5.92 Å². The minimum Gasteiger partial charge on any atom is -0.491 e. The second kappa shape index (κ2) is 5.41. The van der Waals surface area contributed by atoms with Crippen LogP contribution in [-0.2, 0) is 0 Å². The highest BCUT2D eigenvalue weighted by molar-refractivity contribution is 5.85. The van der Waals surface area contributed by atoms with Crippen molar-refractivity contribution in [1.29, 1.82) is 0 Å². The largest absolute Gasteiger partial charge is 0.491 e. The predicted octanol–water partition coefficient (Wildman–Crippen LogP) is 1.39. The number of methoxy groups -OCH3 is 1. The monoisotopic (exact) mass is 249 g/mol. The fourth-order valence-electron chi connectivity index (χ4n) is 1.68. The molecule has 96 valence electrons. The average molecular weight is 249 g/mol. The van der Waals surface area contributed by atoms with Gasteiger partial charge in [-0.25, -0.2) is 4.79 Å². The Balaban J connectivity index is 3.54. The van der Waals surface area contributed by atoms with Crippen molar-refractivity contribution in [3.05, 3.63) is 28.2 Å². The Hall–Kier alpha value is -2.22. The average Bonchev–Trinajstić information content (AvgIpc) is 2.30. The molecule has 0 saturated carbocycles. The minimum absolute atomic E-state index is 0.0281. The van der Waals surface area contributed by atoms with Gasteiger partial charge in [0.05, 0.1) is 19.3 Å². The summed E-state index contributed by atoms with van der Waals surface area (Å²) in [6.07, 6.45) is 6.77. The molecule has 0 spiro atoms. The predicted molar refractivity (Wildman–Crippen MR) is 66.9 cm³/mol. The van der Waals surface area contributed by atoms with Crippen LogP contribution >= 0.6 is 0 Å². The second-order valence-electron chi connectivity index (χ2n) is 4.16. The molecule has 0 radical (unpaired) electrons. The summed E-state index contributed by atoms with van der Waals surface area (Å²) in [7, 11) is 1.35. The van der Waals surface area contributed by atoms with Gasteiger partial charge in [-0.2, -0.15) is 0 Å². The maximum Gasteiger partial charge on any atom is 0.352 e. The highest BCUT2D eigenvalue weighted by Crippen LogP contribution is 2.20. The zero-order valence-electron chi connectivity index (χ0n) is 10.5. The summed E-state index contributed by atoms with van der Waals surface area (Å²) in [5, 5.41) is 9.11. The van der Waals surface area contributed by atoms with Crippen LogP contribution < -0.4 is 10.2 Å². The van der Waals surface area contributed by atoms with Crippen molar-refractivity contribution in [3.8, 4) is 18.1 Å². The van der Waals surface area contributed by atoms with Gasteiger partial charge in [0.15, 0.2) is 5.75 Å². The fourth-order valence-corrected chi connectivity index (χ4v) is 1.68. The van der Waals surface area contributed by atoms with Crippen molar-refractivity contribution in [2.75, 3.05) is 7.11 Å². The third-order valence-electron chi connectivity index (χ3n) is 2.59. The van der Waals surface area contributed by atoms with Gasteiger partial charge in [-0.05, 0) is 5.92 Å². The summed E-state index contributed by atoms with van der Waals surface area (Å²) in [5.74, 6) is 1.43. The third kappa shape index (κ3) is 2.54. The van der Waals surface area contributed by atoms with Crippen LogP contribution in [0.3, 0.4) is 0 Å². The van der Waals surface area contributed by atoms with Crippen LogP contribution in [0.25, 0.3) is 0 Å². The van der Waals surface area contributed by atoms with Crippen LogP contribution in [0.5, 0.6) is 5.75 Å². The molecule has 0 saturated heterocycles. The molecular weight excluding hydrogens is 234 g/mol. The van der Waals surface area contributed by atoms with Gasteiger partial charge in [0.25, 0.3) is 0 Å². The third-order valence-corrected chi connectivity index (χ3v) is 2.59. The van der Waals surface area contributed by atoms with E-state index in [1.54, 1.807) is 0 Å². The lowest BCUT2D eigenvalue weighted by Crippen LogP contribution is -2.23. The number of carbonyl (C=O) groups is 1. The van der Waals surface area contributed by atoms with E-state index in [1.807, 2.05) is 13.8 Å². The number of rotatable bonds is 4. The van der Waals surface area contributed by atoms with Crippen molar-refractivity contribution in [1.82, 2.24) is 4.57 Å². The maximum absolute atomic E-state index is 11.6. The van der Waals surface area contributed by atoms with Crippen molar-refractivity contribution >= 4 is 5.97 Å². The molecule has 1 N–H and O–H groups in total. The van der Waals surface area contributed by atoms with Crippen LogP contribution in [0.15, 0.2) is 17.1 Å². The lowest BCUT2D eigenvalue weighted by Gasteiger charge is -2.21. The first-order valence-electron chi connectivity index (χ1n) is 5.42. The van der Waals surface area contributed by atoms with Gasteiger partial charge in [0.2, 0.25) is 5.43 Å². The number of carboxylic acids is 1. The number of aromatic nitrogens is 1. The molecule has 0 aliphatic rings. The first kappa shape index (κ1) is 13.8. The Morgan fingerprint density at radius 1 is 1.56 bits per heavy atom. The van der Waals surface area contributed by atoms with E-state index in [0.29, 0.717) is 0 Å². The topological polar surface area (TPSA) is 68.5 Å². The molecule has 18 heavy (non-hydrogen) atoms. The van der Waals surface area contributed by atoms with Gasteiger partial charge in [-0.3, -0.25) is 4.79 Å². The molecule has 1 atom stereocenters.